The molecule has 4 rings (SSSR count). The third-order valence-corrected chi connectivity index (χ3v) is 11.8. The Balaban J connectivity index is 1.12. The Morgan fingerprint density at radius 3 is 2.26 bits per heavy atom. The predicted octanol–water partition coefficient (Wildman–Crippen LogP) is 8.35. The van der Waals surface area contributed by atoms with Gasteiger partial charge < -0.3 is 24.4 Å². The average molecular weight is 645 g/mol. The number of ether oxygens (including phenoxy) is 3. The monoisotopic (exact) mass is 644 g/mol. The number of carbonyl (C=O) groups excluding carboxylic acids is 2. The van der Waals surface area contributed by atoms with Crippen molar-refractivity contribution in [1.82, 2.24) is 0 Å². The van der Waals surface area contributed by atoms with Crippen molar-refractivity contribution in [3.63, 3.8) is 0 Å². The molecule has 46 heavy (non-hydrogen) atoms. The Bertz CT molecular complexity index is 1140. The maximum absolute atomic E-state index is 12.7. The molecule has 0 radical (unpaired) electrons. The number of hydrogen-bond donors (Lipinski definition) is 2. The van der Waals surface area contributed by atoms with Crippen LogP contribution in [0.2, 0.25) is 0 Å². The fourth-order valence-corrected chi connectivity index (χ4v) is 9.62. The van der Waals surface area contributed by atoms with Gasteiger partial charge in [0.05, 0.1) is 23.2 Å². The lowest BCUT2D eigenvalue weighted by Crippen LogP contribution is -2.47. The van der Waals surface area contributed by atoms with E-state index < -0.39 is 5.60 Å². The molecule has 0 amide bonds. The zero-order valence-corrected chi connectivity index (χ0v) is 30.4. The van der Waals surface area contributed by atoms with Crippen LogP contribution in [0.25, 0.3) is 0 Å². The van der Waals surface area contributed by atoms with E-state index >= 15 is 0 Å². The molecule has 0 aromatic heterocycles. The summed E-state index contributed by atoms with van der Waals surface area (Å²) in [5, 5.41) is 21.5. The van der Waals surface area contributed by atoms with Gasteiger partial charge in [0.15, 0.2) is 0 Å². The van der Waals surface area contributed by atoms with Crippen LogP contribution in [0.5, 0.6) is 0 Å². The maximum Gasteiger partial charge on any atom is 0.317 e. The topological polar surface area (TPSA) is 106 Å². The summed E-state index contributed by atoms with van der Waals surface area (Å²) in [7, 11) is 0. The van der Waals surface area contributed by atoms with Gasteiger partial charge in [0.25, 0.3) is 0 Å². The van der Waals surface area contributed by atoms with Gasteiger partial charge in [0.1, 0.15) is 17.5 Å². The molecular formula is C39H64O7. The first-order valence-corrected chi connectivity index (χ1v) is 18.2. The van der Waals surface area contributed by atoms with Gasteiger partial charge in [0, 0.05) is 26.2 Å². The molecule has 262 valence electrons. The van der Waals surface area contributed by atoms with Gasteiger partial charge in [-0.1, -0.05) is 86.1 Å². The third kappa shape index (κ3) is 8.47. The summed E-state index contributed by atoms with van der Waals surface area (Å²) >= 11 is 0. The first kappa shape index (κ1) is 37.1. The van der Waals surface area contributed by atoms with Crippen LogP contribution < -0.4 is 0 Å². The van der Waals surface area contributed by atoms with Crippen molar-refractivity contribution in [1.29, 1.82) is 0 Å². The predicted molar refractivity (Wildman–Crippen MR) is 181 cm³/mol. The van der Waals surface area contributed by atoms with Crippen LogP contribution in [0, 0.1) is 28.6 Å². The number of cyclic esters (lactones) is 1. The van der Waals surface area contributed by atoms with E-state index in [4.69, 9.17) is 14.2 Å². The SMILES string of the molecule is CC(=O)O[C@H]1CC(C)(C)C(=CCC(C)CCCCCCC(C)CC2=CC(CC[C@@]34O[C@]3(C)C[C@@H](O)CC4(C)C)C(=O)O2)[C@](C)(O)C1. The van der Waals surface area contributed by atoms with Gasteiger partial charge in [0.2, 0.25) is 0 Å². The second-order valence-corrected chi connectivity index (χ2v) is 17.4. The molecule has 3 unspecified atom stereocenters. The minimum absolute atomic E-state index is 0.119. The molecule has 2 heterocycles. The van der Waals surface area contributed by atoms with E-state index in [2.05, 4.69) is 60.6 Å². The smallest absolute Gasteiger partial charge is 0.317 e. The molecule has 2 aliphatic heterocycles. The highest BCUT2D eigenvalue weighted by molar-refractivity contribution is 5.78. The largest absolute Gasteiger partial charge is 0.462 e. The summed E-state index contributed by atoms with van der Waals surface area (Å²) in [5.41, 5.74) is -0.768. The van der Waals surface area contributed by atoms with E-state index in [1.807, 2.05) is 6.92 Å². The van der Waals surface area contributed by atoms with Crippen molar-refractivity contribution < 1.29 is 34.0 Å². The number of fused-ring (bicyclic) bond motifs is 1. The zero-order chi connectivity index (χ0) is 34.1. The molecule has 1 saturated heterocycles. The van der Waals surface area contributed by atoms with Crippen molar-refractivity contribution >= 4 is 11.9 Å². The van der Waals surface area contributed by atoms with Gasteiger partial charge in [-0.05, 0) is 80.3 Å². The van der Waals surface area contributed by atoms with Crippen LogP contribution in [0.15, 0.2) is 23.5 Å². The third-order valence-electron chi connectivity index (χ3n) is 11.8. The molecule has 7 nitrogen and oxygen atoms in total. The van der Waals surface area contributed by atoms with Crippen LogP contribution in [0.4, 0.5) is 0 Å². The van der Waals surface area contributed by atoms with Crippen LogP contribution in [0.3, 0.4) is 0 Å². The highest BCUT2D eigenvalue weighted by Gasteiger charge is 2.75. The van der Waals surface area contributed by atoms with Crippen molar-refractivity contribution in [2.45, 2.75) is 181 Å². The van der Waals surface area contributed by atoms with Crippen LogP contribution >= 0.6 is 0 Å². The zero-order valence-electron chi connectivity index (χ0n) is 30.4. The fraction of sp³-hybridized carbons (Fsp3) is 0.846. The minimum Gasteiger partial charge on any atom is -0.462 e. The number of rotatable bonds is 15. The van der Waals surface area contributed by atoms with Crippen molar-refractivity contribution in [3.05, 3.63) is 23.5 Å². The lowest BCUT2D eigenvalue weighted by atomic mass is 9.61. The van der Waals surface area contributed by atoms with Gasteiger partial charge in [-0.15, -0.1) is 0 Å². The number of epoxide rings is 1. The van der Waals surface area contributed by atoms with E-state index in [0.717, 1.165) is 56.3 Å². The molecule has 7 heteroatoms. The number of hydrogen-bond acceptors (Lipinski definition) is 7. The van der Waals surface area contributed by atoms with Gasteiger partial charge in [-0.3, -0.25) is 9.59 Å². The van der Waals surface area contributed by atoms with Gasteiger partial charge >= 0.3 is 11.9 Å². The number of unbranched alkanes of at least 4 members (excludes halogenated alkanes) is 3. The first-order valence-electron chi connectivity index (χ1n) is 18.2. The number of aliphatic hydroxyl groups excluding tert-OH is 1. The fourth-order valence-electron chi connectivity index (χ4n) is 9.62. The number of carbonyl (C=O) groups is 2. The summed E-state index contributed by atoms with van der Waals surface area (Å²) in [5.74, 6) is 1.26. The van der Waals surface area contributed by atoms with Crippen LogP contribution in [-0.4, -0.2) is 51.2 Å². The second kappa shape index (κ2) is 14.0. The molecule has 2 N–H and O–H groups in total. The maximum atomic E-state index is 12.7. The summed E-state index contributed by atoms with van der Waals surface area (Å²) in [6.45, 7) is 18.6. The molecule has 0 aromatic rings. The molecular weight excluding hydrogens is 580 g/mol. The number of aliphatic hydroxyl groups is 2. The highest BCUT2D eigenvalue weighted by Crippen LogP contribution is 2.67. The summed E-state index contributed by atoms with van der Waals surface area (Å²) in [6, 6.07) is 0. The summed E-state index contributed by atoms with van der Waals surface area (Å²) < 4.78 is 17.5. The highest BCUT2D eigenvalue weighted by atomic mass is 16.6. The molecule has 8 atom stereocenters. The second-order valence-electron chi connectivity index (χ2n) is 17.4. The Kier molecular flexibility index (Phi) is 11.3. The van der Waals surface area contributed by atoms with Crippen LogP contribution in [0.1, 0.15) is 152 Å². The van der Waals surface area contributed by atoms with E-state index in [0.29, 0.717) is 24.7 Å². The number of allylic oxidation sites excluding steroid dienone is 2. The van der Waals surface area contributed by atoms with Crippen LogP contribution in [-0.2, 0) is 23.8 Å². The average Bonchev–Trinajstić information content (AvgIpc) is 3.36. The van der Waals surface area contributed by atoms with Crippen molar-refractivity contribution in [2.24, 2.45) is 28.6 Å². The Hall–Kier alpha value is -1.70. The molecule has 3 fully saturated rings. The molecule has 0 spiro atoms. The summed E-state index contributed by atoms with van der Waals surface area (Å²) in [6.07, 6.45) is 16.8. The standard InChI is InChI=1S/C39H64O7/c1-26(16-17-33-35(4,5)24-32(44-28(3)40)25-37(33,8)43)14-12-10-11-13-15-27(2)20-31-21-29(34(42)45-31)18-19-39-36(6,7)22-30(41)23-38(39,9)46-39/h17,21,26-27,29-30,32,41,43H,10-16,18-20,22-25H2,1-9H3/t26?,27?,29?,30-,32-,37+,38+,39-/m0/s1. The normalized spacial score (nSPS) is 36.8. The van der Waals surface area contributed by atoms with Crippen molar-refractivity contribution in [2.75, 3.05) is 0 Å². The Morgan fingerprint density at radius 1 is 1.00 bits per heavy atom. The molecule has 0 bridgehead atoms. The van der Waals surface area contributed by atoms with E-state index in [1.54, 1.807) is 0 Å². The first-order chi connectivity index (χ1) is 21.3. The van der Waals surface area contributed by atoms with Gasteiger partial charge in [-0.2, -0.15) is 0 Å². The van der Waals surface area contributed by atoms with Crippen molar-refractivity contribution in [3.8, 4) is 0 Å². The molecule has 2 aliphatic carbocycles. The van der Waals surface area contributed by atoms with E-state index in [1.165, 1.54) is 39.0 Å². The molecule has 0 aromatic carbocycles. The Morgan fingerprint density at radius 2 is 1.65 bits per heavy atom. The van der Waals surface area contributed by atoms with Gasteiger partial charge in [-0.25, -0.2) is 0 Å². The molecule has 4 aliphatic rings. The summed E-state index contributed by atoms with van der Waals surface area (Å²) in [4.78, 5) is 24.2. The Labute approximate surface area is 278 Å². The quantitative estimate of drug-likeness (QED) is 0.0799. The lowest BCUT2D eigenvalue weighted by molar-refractivity contribution is -0.152. The lowest BCUT2D eigenvalue weighted by Gasteiger charge is -2.46. The minimum atomic E-state index is -0.961. The number of esters is 2. The van der Waals surface area contributed by atoms with E-state index in [9.17, 15) is 19.8 Å². The van der Waals surface area contributed by atoms with E-state index in [-0.39, 0.29) is 52.1 Å². The molecule has 2 saturated carbocycles.